The van der Waals surface area contributed by atoms with Gasteiger partial charge in [0, 0.05) is 29.8 Å². The molecule has 0 atom stereocenters. The number of rotatable bonds is 6. The van der Waals surface area contributed by atoms with Gasteiger partial charge in [-0.25, -0.2) is 19.2 Å². The summed E-state index contributed by atoms with van der Waals surface area (Å²) in [7, 11) is 0. The predicted octanol–water partition coefficient (Wildman–Crippen LogP) is 4.95. The van der Waals surface area contributed by atoms with Crippen molar-refractivity contribution < 1.29 is 18.7 Å². The fourth-order valence-corrected chi connectivity index (χ4v) is 3.36. The van der Waals surface area contributed by atoms with Crippen LogP contribution in [-0.2, 0) is 23.1 Å². The Morgan fingerprint density at radius 1 is 1.00 bits per heavy atom. The van der Waals surface area contributed by atoms with Gasteiger partial charge in [-0.15, -0.1) is 0 Å². The largest absolute Gasteiger partial charge is 0.444 e. The monoisotopic (exact) mass is 482 g/mol. The van der Waals surface area contributed by atoms with Crippen LogP contribution >= 0.6 is 0 Å². The van der Waals surface area contributed by atoms with Gasteiger partial charge >= 0.3 is 6.09 Å². The first-order valence-corrected chi connectivity index (χ1v) is 11.3. The summed E-state index contributed by atoms with van der Waals surface area (Å²) in [5.74, 6) is -0.456. The number of carbonyl (C=O) groups is 2. The molecule has 2 heterocycles. The van der Waals surface area contributed by atoms with E-state index in [4.69, 9.17) is 4.74 Å². The van der Waals surface area contributed by atoms with Gasteiger partial charge in [-0.1, -0.05) is 0 Å². The maximum Gasteiger partial charge on any atom is 0.412 e. The van der Waals surface area contributed by atoms with Crippen LogP contribution in [-0.4, -0.2) is 37.3 Å². The topological polar surface area (TPSA) is 111 Å². The smallest absolute Gasteiger partial charge is 0.412 e. The molecule has 0 spiro atoms. The van der Waals surface area contributed by atoms with Crippen LogP contribution in [0.15, 0.2) is 42.7 Å². The van der Waals surface area contributed by atoms with Gasteiger partial charge in [0.1, 0.15) is 11.4 Å². The van der Waals surface area contributed by atoms with Gasteiger partial charge in [-0.05, 0) is 84.2 Å². The Morgan fingerprint density at radius 3 is 2.31 bits per heavy atom. The molecular weight excluding hydrogens is 451 g/mol. The van der Waals surface area contributed by atoms with Gasteiger partial charge in [0.05, 0.1) is 5.54 Å². The number of aromatic nitrogens is 4. The fourth-order valence-electron chi connectivity index (χ4n) is 3.36. The summed E-state index contributed by atoms with van der Waals surface area (Å²) in [6, 6.07) is 7.77. The summed E-state index contributed by atoms with van der Waals surface area (Å²) < 4.78 is 21.6. The van der Waals surface area contributed by atoms with E-state index in [2.05, 4.69) is 25.7 Å². The first-order chi connectivity index (χ1) is 16.3. The van der Waals surface area contributed by atoms with Gasteiger partial charge < -0.3 is 10.1 Å². The van der Waals surface area contributed by atoms with Crippen LogP contribution in [0.25, 0.3) is 0 Å². The molecular formula is C25H31FN6O3. The molecule has 186 valence electrons. The Kier molecular flexibility index (Phi) is 7.52. The molecule has 0 aliphatic rings. The molecule has 3 aromatic rings. The van der Waals surface area contributed by atoms with Crippen LogP contribution in [0.5, 0.6) is 0 Å². The van der Waals surface area contributed by atoms with E-state index in [0.717, 1.165) is 5.69 Å². The van der Waals surface area contributed by atoms with Crippen molar-refractivity contribution >= 4 is 23.5 Å². The molecule has 35 heavy (non-hydrogen) atoms. The van der Waals surface area contributed by atoms with E-state index in [9.17, 15) is 14.0 Å². The number of amides is 2. The molecule has 0 aliphatic heterocycles. The van der Waals surface area contributed by atoms with Crippen LogP contribution in [0.4, 0.5) is 20.7 Å². The van der Waals surface area contributed by atoms with Crippen LogP contribution in [0, 0.1) is 5.82 Å². The first-order valence-electron chi connectivity index (χ1n) is 11.3. The van der Waals surface area contributed by atoms with Gasteiger partial charge in [0.25, 0.3) is 5.91 Å². The number of benzene rings is 1. The van der Waals surface area contributed by atoms with Crippen molar-refractivity contribution in [3.8, 4) is 0 Å². The molecule has 2 aromatic heterocycles. The standard InChI is InChI=1S/C25H31FN6O3/c1-24(2,3)32-18(15-20(31-32)30-22(33)21-27-12-7-13-28-21)10-8-16-14-17(9-11-19(16)26)29-23(34)35-25(4,5)6/h7,9,11-15H,8,10H2,1-6H3,(H,29,34)(H,30,31,33). The maximum absolute atomic E-state index is 14.5. The average Bonchev–Trinajstić information content (AvgIpc) is 3.16. The number of nitrogens with one attached hydrogen (secondary N) is 2. The number of anilines is 2. The minimum absolute atomic E-state index is 0.0377. The van der Waals surface area contributed by atoms with E-state index in [-0.39, 0.29) is 17.2 Å². The highest BCUT2D eigenvalue weighted by atomic mass is 19.1. The maximum atomic E-state index is 14.5. The van der Waals surface area contributed by atoms with Gasteiger partial charge in [-0.2, -0.15) is 5.10 Å². The highest BCUT2D eigenvalue weighted by Crippen LogP contribution is 2.23. The fraction of sp³-hybridized carbons (Fsp3) is 0.400. The Labute approximate surface area is 204 Å². The molecule has 0 bridgehead atoms. The predicted molar refractivity (Wildman–Crippen MR) is 131 cm³/mol. The number of aryl methyl sites for hydroxylation is 2. The minimum Gasteiger partial charge on any atom is -0.444 e. The second kappa shape index (κ2) is 10.2. The van der Waals surface area contributed by atoms with Crippen LogP contribution in [0.2, 0.25) is 0 Å². The molecule has 2 N–H and O–H groups in total. The molecule has 2 amide bonds. The van der Waals surface area contributed by atoms with Crippen LogP contribution < -0.4 is 10.6 Å². The van der Waals surface area contributed by atoms with Crippen molar-refractivity contribution in [2.75, 3.05) is 10.6 Å². The molecule has 0 unspecified atom stereocenters. The minimum atomic E-state index is -0.641. The van der Waals surface area contributed by atoms with E-state index < -0.39 is 17.6 Å². The SMILES string of the molecule is CC(C)(C)OC(=O)Nc1ccc(F)c(CCc2cc(NC(=O)c3ncccn3)nn2C(C)(C)C)c1. The third-order valence-corrected chi connectivity index (χ3v) is 4.77. The van der Waals surface area contributed by atoms with E-state index >= 15 is 0 Å². The lowest BCUT2D eigenvalue weighted by Gasteiger charge is -2.22. The first kappa shape index (κ1) is 25.8. The number of nitrogens with zero attached hydrogens (tertiary/aromatic N) is 4. The summed E-state index contributed by atoms with van der Waals surface area (Å²) in [4.78, 5) is 32.4. The van der Waals surface area contributed by atoms with Crippen molar-refractivity contribution in [2.45, 2.75) is 65.5 Å². The van der Waals surface area contributed by atoms with Gasteiger partial charge in [-0.3, -0.25) is 14.8 Å². The van der Waals surface area contributed by atoms with E-state index in [1.807, 2.05) is 20.8 Å². The normalized spacial score (nSPS) is 11.7. The lowest BCUT2D eigenvalue weighted by Crippen LogP contribution is -2.27. The summed E-state index contributed by atoms with van der Waals surface area (Å²) in [5.41, 5.74) is 0.670. The number of carbonyl (C=O) groups excluding carboxylic acids is 2. The third kappa shape index (κ3) is 7.33. The van der Waals surface area contributed by atoms with E-state index in [0.29, 0.717) is 29.9 Å². The quantitative estimate of drug-likeness (QED) is 0.514. The zero-order valence-corrected chi connectivity index (χ0v) is 20.8. The molecule has 3 rings (SSSR count). The Balaban J connectivity index is 1.76. The van der Waals surface area contributed by atoms with Gasteiger partial charge in [0.2, 0.25) is 5.82 Å². The molecule has 0 saturated carbocycles. The summed E-state index contributed by atoms with van der Waals surface area (Å²) in [6.45, 7) is 11.3. The molecule has 0 radical (unpaired) electrons. The van der Waals surface area contributed by atoms with Crippen LogP contribution in [0.3, 0.4) is 0 Å². The highest BCUT2D eigenvalue weighted by Gasteiger charge is 2.22. The summed E-state index contributed by atoms with van der Waals surface area (Å²) in [5, 5.41) is 9.89. The number of hydrogen-bond donors (Lipinski definition) is 2. The van der Waals surface area contributed by atoms with Crippen molar-refractivity contribution in [1.82, 2.24) is 19.7 Å². The summed E-state index contributed by atoms with van der Waals surface area (Å²) in [6.07, 6.45) is 3.17. The van der Waals surface area contributed by atoms with Gasteiger partial charge in [0.15, 0.2) is 5.82 Å². The zero-order valence-electron chi connectivity index (χ0n) is 20.8. The Bertz CT molecular complexity index is 1200. The molecule has 9 nitrogen and oxygen atoms in total. The Hall–Kier alpha value is -3.82. The third-order valence-electron chi connectivity index (χ3n) is 4.77. The van der Waals surface area contributed by atoms with Crippen molar-refractivity contribution in [3.05, 3.63) is 65.6 Å². The van der Waals surface area contributed by atoms with E-state index in [1.54, 1.807) is 43.7 Å². The Morgan fingerprint density at radius 2 is 1.69 bits per heavy atom. The van der Waals surface area contributed by atoms with Crippen molar-refractivity contribution in [2.24, 2.45) is 0 Å². The second-order valence-corrected chi connectivity index (χ2v) is 10.1. The number of halogens is 1. The number of ether oxygens (including phenoxy) is 1. The lowest BCUT2D eigenvalue weighted by atomic mass is 10.0. The highest BCUT2D eigenvalue weighted by molar-refractivity contribution is 6.00. The van der Waals surface area contributed by atoms with Crippen LogP contribution in [0.1, 0.15) is 63.4 Å². The second-order valence-electron chi connectivity index (χ2n) is 10.1. The van der Waals surface area contributed by atoms with Crippen molar-refractivity contribution in [3.63, 3.8) is 0 Å². The lowest BCUT2D eigenvalue weighted by molar-refractivity contribution is 0.0635. The zero-order chi connectivity index (χ0) is 25.8. The molecule has 0 aliphatic carbocycles. The number of hydrogen-bond acceptors (Lipinski definition) is 6. The molecule has 0 saturated heterocycles. The van der Waals surface area contributed by atoms with Crippen molar-refractivity contribution in [1.29, 1.82) is 0 Å². The molecule has 1 aromatic carbocycles. The van der Waals surface area contributed by atoms with E-state index in [1.165, 1.54) is 24.5 Å². The summed E-state index contributed by atoms with van der Waals surface area (Å²) >= 11 is 0. The average molecular weight is 483 g/mol. The molecule has 0 fully saturated rings. The molecule has 10 heteroatoms.